The molecular weight excluding hydrogens is 496 g/mol. The number of carbonyl (C=O) groups excluding carboxylic acids is 2. The molecule has 202 valence electrons. The number of aromatic nitrogens is 1. The average Bonchev–Trinajstić information content (AvgIpc) is 3.44. The van der Waals surface area contributed by atoms with E-state index in [-0.39, 0.29) is 24.0 Å². The summed E-state index contributed by atoms with van der Waals surface area (Å²) < 4.78 is 17.3. The van der Waals surface area contributed by atoms with Crippen LogP contribution in [0.1, 0.15) is 55.0 Å². The number of methoxy groups -OCH3 is 1. The fourth-order valence-corrected chi connectivity index (χ4v) is 5.10. The molecule has 1 fully saturated rings. The van der Waals surface area contributed by atoms with E-state index in [0.29, 0.717) is 35.7 Å². The number of rotatable bonds is 9. The maximum Gasteiger partial charge on any atom is 0.295 e. The van der Waals surface area contributed by atoms with Crippen LogP contribution in [0.2, 0.25) is 0 Å². The van der Waals surface area contributed by atoms with Crippen LogP contribution in [0.25, 0.3) is 5.76 Å². The molecule has 0 unspecified atom stereocenters. The van der Waals surface area contributed by atoms with Gasteiger partial charge in [0.2, 0.25) is 0 Å². The number of aliphatic hydroxyl groups excluding tert-OH is 1. The summed E-state index contributed by atoms with van der Waals surface area (Å²) in [6, 6.07) is 13.5. The standard InChI is InChI=1S/C31H32N2O6/c1-4-5-13-38-25-11-8-21(16-26(25)37-3)28-27(29(34)22-9-10-24-23(15-22)14-19(2)39-24)30(35)31(36)33(28)18-20-7-6-12-32-17-20/h6-12,15-17,19,28,34H,4-5,13-14,18H2,1-3H3/t19-,28+/m0/s1. The predicted octanol–water partition coefficient (Wildman–Crippen LogP) is 5.21. The second-order valence-electron chi connectivity index (χ2n) is 9.86. The number of fused-ring (bicyclic) bond motifs is 1. The van der Waals surface area contributed by atoms with E-state index in [1.165, 1.54) is 4.90 Å². The van der Waals surface area contributed by atoms with Crippen LogP contribution in [-0.2, 0) is 22.6 Å². The quantitative estimate of drug-likeness (QED) is 0.176. The number of hydrogen-bond donors (Lipinski definition) is 1. The molecule has 2 aliphatic rings. The fourth-order valence-electron chi connectivity index (χ4n) is 5.10. The van der Waals surface area contributed by atoms with Crippen LogP contribution in [-0.4, -0.2) is 46.5 Å². The van der Waals surface area contributed by atoms with Gasteiger partial charge in [0.15, 0.2) is 11.5 Å². The molecule has 2 atom stereocenters. The van der Waals surface area contributed by atoms with Crippen LogP contribution in [0, 0.1) is 0 Å². The number of hydrogen-bond acceptors (Lipinski definition) is 7. The molecule has 8 heteroatoms. The number of ether oxygens (including phenoxy) is 3. The number of likely N-dealkylation sites (tertiary alicyclic amines) is 1. The monoisotopic (exact) mass is 528 g/mol. The maximum absolute atomic E-state index is 13.5. The first kappa shape index (κ1) is 26.3. The van der Waals surface area contributed by atoms with Crippen molar-refractivity contribution in [3.63, 3.8) is 0 Å². The Bertz CT molecular complexity index is 1420. The second kappa shape index (κ2) is 11.2. The fraction of sp³-hybridized carbons (Fsp3) is 0.323. The van der Waals surface area contributed by atoms with Gasteiger partial charge < -0.3 is 24.2 Å². The van der Waals surface area contributed by atoms with Crippen molar-refractivity contribution in [3.05, 3.63) is 88.8 Å². The molecule has 1 saturated heterocycles. The number of unbranched alkanes of at least 4 members (excludes halogenated alkanes) is 1. The molecule has 8 nitrogen and oxygen atoms in total. The van der Waals surface area contributed by atoms with Gasteiger partial charge in [-0.15, -0.1) is 0 Å². The Kier molecular flexibility index (Phi) is 7.54. The predicted molar refractivity (Wildman–Crippen MR) is 146 cm³/mol. The zero-order chi connectivity index (χ0) is 27.5. The summed E-state index contributed by atoms with van der Waals surface area (Å²) in [6.45, 7) is 4.76. The van der Waals surface area contributed by atoms with Gasteiger partial charge in [0.25, 0.3) is 11.7 Å². The Balaban J connectivity index is 1.60. The molecule has 5 rings (SSSR count). The number of amides is 1. The molecule has 3 aromatic rings. The second-order valence-corrected chi connectivity index (χ2v) is 9.86. The third-order valence-corrected chi connectivity index (χ3v) is 7.04. The van der Waals surface area contributed by atoms with Gasteiger partial charge in [-0.2, -0.15) is 0 Å². The highest BCUT2D eigenvalue weighted by molar-refractivity contribution is 6.46. The average molecular weight is 529 g/mol. The molecule has 2 aliphatic heterocycles. The third kappa shape index (κ3) is 5.19. The molecule has 39 heavy (non-hydrogen) atoms. The van der Waals surface area contributed by atoms with E-state index >= 15 is 0 Å². The Morgan fingerprint density at radius 2 is 2.00 bits per heavy atom. The molecule has 0 aliphatic carbocycles. The summed E-state index contributed by atoms with van der Waals surface area (Å²) in [5.74, 6) is 0.165. The molecule has 1 amide bonds. The highest BCUT2D eigenvalue weighted by Gasteiger charge is 2.46. The van der Waals surface area contributed by atoms with Crippen molar-refractivity contribution in [1.29, 1.82) is 0 Å². The number of pyridine rings is 1. The first-order valence-electron chi connectivity index (χ1n) is 13.2. The van der Waals surface area contributed by atoms with Gasteiger partial charge in [0.1, 0.15) is 17.6 Å². The van der Waals surface area contributed by atoms with Crippen molar-refractivity contribution in [1.82, 2.24) is 9.88 Å². The summed E-state index contributed by atoms with van der Waals surface area (Å²) in [4.78, 5) is 32.5. The SMILES string of the molecule is CCCCOc1ccc([C@@H]2C(=C(O)c3ccc4c(c3)C[C@H](C)O4)C(=O)C(=O)N2Cc2cccnc2)cc1OC. The zero-order valence-corrected chi connectivity index (χ0v) is 22.3. The minimum absolute atomic E-state index is 0.0255. The van der Waals surface area contributed by atoms with Gasteiger partial charge in [-0.05, 0) is 66.4 Å². The van der Waals surface area contributed by atoms with Crippen molar-refractivity contribution < 1.29 is 28.9 Å². The molecule has 3 heterocycles. The van der Waals surface area contributed by atoms with E-state index in [4.69, 9.17) is 14.2 Å². The Labute approximate surface area is 227 Å². The highest BCUT2D eigenvalue weighted by Crippen LogP contribution is 2.43. The van der Waals surface area contributed by atoms with Gasteiger partial charge in [0.05, 0.1) is 25.3 Å². The van der Waals surface area contributed by atoms with Crippen LogP contribution >= 0.6 is 0 Å². The lowest BCUT2D eigenvalue weighted by Gasteiger charge is -2.26. The largest absolute Gasteiger partial charge is 0.507 e. The summed E-state index contributed by atoms with van der Waals surface area (Å²) >= 11 is 0. The molecule has 0 spiro atoms. The first-order valence-corrected chi connectivity index (χ1v) is 13.2. The highest BCUT2D eigenvalue weighted by atomic mass is 16.5. The van der Waals surface area contributed by atoms with Crippen LogP contribution in [0.4, 0.5) is 0 Å². The minimum atomic E-state index is -0.841. The van der Waals surface area contributed by atoms with Crippen molar-refractivity contribution in [3.8, 4) is 17.2 Å². The van der Waals surface area contributed by atoms with Gasteiger partial charge in [-0.1, -0.05) is 25.5 Å². The zero-order valence-electron chi connectivity index (χ0n) is 22.3. The van der Waals surface area contributed by atoms with Crippen LogP contribution in [0.15, 0.2) is 66.5 Å². The van der Waals surface area contributed by atoms with E-state index in [9.17, 15) is 14.7 Å². The third-order valence-electron chi connectivity index (χ3n) is 7.04. The Morgan fingerprint density at radius 1 is 1.15 bits per heavy atom. The first-order chi connectivity index (χ1) is 18.9. The topological polar surface area (TPSA) is 98.2 Å². The molecule has 1 N–H and O–H groups in total. The number of carbonyl (C=O) groups is 2. The molecule has 2 aromatic carbocycles. The van der Waals surface area contributed by atoms with Crippen LogP contribution in [0.5, 0.6) is 17.2 Å². The maximum atomic E-state index is 13.5. The lowest BCUT2D eigenvalue weighted by atomic mass is 9.94. The summed E-state index contributed by atoms with van der Waals surface area (Å²) in [5.41, 5.74) is 2.82. The number of aliphatic hydroxyl groups is 1. The summed E-state index contributed by atoms with van der Waals surface area (Å²) in [6.07, 6.45) is 5.94. The molecule has 1 aromatic heterocycles. The van der Waals surface area contributed by atoms with Crippen LogP contribution < -0.4 is 14.2 Å². The normalized spacial score (nSPS) is 19.6. The van der Waals surface area contributed by atoms with E-state index in [1.807, 2.05) is 25.1 Å². The Morgan fingerprint density at radius 3 is 2.74 bits per heavy atom. The molecular formula is C31H32N2O6. The smallest absolute Gasteiger partial charge is 0.295 e. The van der Waals surface area contributed by atoms with Crippen LogP contribution in [0.3, 0.4) is 0 Å². The van der Waals surface area contributed by atoms with Gasteiger partial charge in [-0.25, -0.2) is 0 Å². The van der Waals surface area contributed by atoms with Gasteiger partial charge in [0, 0.05) is 30.9 Å². The minimum Gasteiger partial charge on any atom is -0.507 e. The number of nitrogens with zero attached hydrogens (tertiary/aromatic N) is 2. The number of benzene rings is 2. The number of ketones is 1. The lowest BCUT2D eigenvalue weighted by molar-refractivity contribution is -0.140. The van der Waals surface area contributed by atoms with Gasteiger partial charge >= 0.3 is 0 Å². The van der Waals surface area contributed by atoms with E-state index < -0.39 is 17.7 Å². The van der Waals surface area contributed by atoms with Crippen molar-refractivity contribution in [2.45, 2.75) is 51.8 Å². The van der Waals surface area contributed by atoms with Crippen molar-refractivity contribution >= 4 is 17.4 Å². The molecule has 0 radical (unpaired) electrons. The summed E-state index contributed by atoms with van der Waals surface area (Å²) in [7, 11) is 1.55. The van der Waals surface area contributed by atoms with E-state index in [0.717, 1.165) is 29.7 Å². The van der Waals surface area contributed by atoms with Gasteiger partial charge in [-0.3, -0.25) is 14.6 Å². The van der Waals surface area contributed by atoms with E-state index in [1.54, 1.807) is 49.8 Å². The molecule has 0 bridgehead atoms. The molecule has 0 saturated carbocycles. The summed E-state index contributed by atoms with van der Waals surface area (Å²) in [5, 5.41) is 11.5. The number of Topliss-reactive ketones (excluding diaryl/α,β-unsaturated/α-hetero) is 1. The van der Waals surface area contributed by atoms with E-state index in [2.05, 4.69) is 11.9 Å². The van der Waals surface area contributed by atoms with Crippen molar-refractivity contribution in [2.24, 2.45) is 0 Å². The lowest BCUT2D eigenvalue weighted by Crippen LogP contribution is -2.29. The van der Waals surface area contributed by atoms with Crippen molar-refractivity contribution in [2.75, 3.05) is 13.7 Å². The Hall–Kier alpha value is -4.33.